The zero-order chi connectivity index (χ0) is 7.54. The third-order valence-corrected chi connectivity index (χ3v) is 0.626. The molecule has 0 aliphatic rings. The summed E-state index contributed by atoms with van der Waals surface area (Å²) in [5.74, 6) is 0. The normalized spacial score (nSPS) is 6.56. The van der Waals surface area contributed by atoms with E-state index in [1.54, 1.807) is 0 Å². The molecule has 0 aromatic carbocycles. The minimum Gasteiger partial charge on any atom is -0.390 e. The first-order valence-corrected chi connectivity index (χ1v) is 2.95. The maximum atomic E-state index is 7.65. The van der Waals surface area contributed by atoms with Crippen LogP contribution in [0.4, 0.5) is 0 Å². The lowest BCUT2D eigenvalue weighted by Gasteiger charge is -1.68. The Morgan fingerprint density at radius 1 is 1.44 bits per heavy atom. The van der Waals surface area contributed by atoms with E-state index in [1.807, 2.05) is 0 Å². The summed E-state index contributed by atoms with van der Waals surface area (Å²) in [6.07, 6.45) is 2.64. The second kappa shape index (κ2) is 15.7. The minimum atomic E-state index is -0.448. The van der Waals surface area contributed by atoms with Crippen LogP contribution in [0.25, 0.3) is 10.4 Å². The molecule has 0 bridgehead atoms. The van der Waals surface area contributed by atoms with Gasteiger partial charge < -0.3 is 5.11 Å². The zero-order valence-electron chi connectivity index (χ0n) is 5.91. The number of hydrogen-bond donors (Lipinski definition) is 1. The van der Waals surface area contributed by atoms with Crippen molar-refractivity contribution < 1.29 is 5.11 Å². The smallest absolute Gasteiger partial charge is 0.122 e. The Labute approximate surface area is 55.1 Å². The Kier molecular flexibility index (Phi) is 19.4. The molecule has 0 saturated heterocycles. The first-order chi connectivity index (χ1) is 4.33. The molecule has 54 valence electrons. The molecule has 0 heterocycles. The molecule has 0 aromatic heterocycles. The zero-order valence-corrected chi connectivity index (χ0v) is 5.91. The van der Waals surface area contributed by atoms with Gasteiger partial charge in [-0.3, -0.25) is 0 Å². The van der Waals surface area contributed by atoms with Gasteiger partial charge >= 0.3 is 0 Å². The number of aliphatic hydroxyl groups excluding tert-OH is 1. The van der Waals surface area contributed by atoms with Gasteiger partial charge in [0.15, 0.2) is 0 Å². The highest BCUT2D eigenvalue weighted by atomic mass is 16.3. The maximum Gasteiger partial charge on any atom is 0.122 e. The highest BCUT2D eigenvalue weighted by Gasteiger charge is 1.56. The largest absolute Gasteiger partial charge is 0.390 e. The van der Waals surface area contributed by atoms with E-state index in [1.165, 1.54) is 12.8 Å². The van der Waals surface area contributed by atoms with E-state index in [9.17, 15) is 0 Å². The highest BCUT2D eigenvalue weighted by molar-refractivity contribution is 4.33. The van der Waals surface area contributed by atoms with Gasteiger partial charge in [0.25, 0.3) is 0 Å². The summed E-state index contributed by atoms with van der Waals surface area (Å²) >= 11 is 0. The summed E-state index contributed by atoms with van der Waals surface area (Å²) in [5, 5.41) is 10.4. The second-order valence-corrected chi connectivity index (χ2v) is 1.37. The molecule has 9 heavy (non-hydrogen) atoms. The Balaban J connectivity index is 0. The lowest BCUT2D eigenvalue weighted by Crippen LogP contribution is -1.62. The molecule has 0 atom stereocenters. The second-order valence-electron chi connectivity index (χ2n) is 1.37. The van der Waals surface area contributed by atoms with Gasteiger partial charge in [-0.15, -0.1) is 0 Å². The lowest BCUT2D eigenvalue weighted by atomic mass is 10.4. The summed E-state index contributed by atoms with van der Waals surface area (Å²) in [5.41, 5.74) is 7.36. The molecule has 0 fully saturated rings. The summed E-state index contributed by atoms with van der Waals surface area (Å²) in [4.78, 5) is 2.23. The van der Waals surface area contributed by atoms with Crippen LogP contribution < -0.4 is 0 Å². The van der Waals surface area contributed by atoms with Gasteiger partial charge in [-0.25, -0.2) is 0 Å². The standard InChI is InChI=1S/C4H10.CH3N3O/c1-3-4-2;2-4-3-1-5/h3-4H2,1-2H3;5H,1H2. The molecular weight excluding hydrogens is 118 g/mol. The summed E-state index contributed by atoms with van der Waals surface area (Å²) in [6.45, 7) is 3.91. The Bertz CT molecular complexity index is 76.3. The van der Waals surface area contributed by atoms with Crippen LogP contribution in [0.5, 0.6) is 0 Å². The van der Waals surface area contributed by atoms with Crippen LogP contribution in [0.3, 0.4) is 0 Å². The van der Waals surface area contributed by atoms with Crippen LogP contribution in [-0.4, -0.2) is 11.8 Å². The van der Waals surface area contributed by atoms with Gasteiger partial charge in [0.05, 0.1) is 0 Å². The van der Waals surface area contributed by atoms with E-state index in [0.29, 0.717) is 0 Å². The predicted octanol–water partition coefficient (Wildman–Crippen LogP) is 2.05. The Morgan fingerprint density at radius 3 is 1.89 bits per heavy atom. The fourth-order valence-corrected chi connectivity index (χ4v) is 0.0283. The first kappa shape index (κ1) is 11.1. The molecular formula is C5H13N3O. The number of rotatable bonds is 2. The molecule has 0 aliphatic carbocycles. The van der Waals surface area contributed by atoms with Crippen LogP contribution in [0.2, 0.25) is 0 Å². The number of aliphatic hydroxyl groups is 1. The summed E-state index contributed by atoms with van der Waals surface area (Å²) < 4.78 is 0. The number of azide groups is 1. The van der Waals surface area contributed by atoms with E-state index in [0.717, 1.165) is 0 Å². The number of hydrogen-bond acceptors (Lipinski definition) is 2. The monoisotopic (exact) mass is 131 g/mol. The molecule has 0 rings (SSSR count). The first-order valence-electron chi connectivity index (χ1n) is 2.95. The lowest BCUT2D eigenvalue weighted by molar-refractivity contribution is 0.307. The molecule has 0 unspecified atom stereocenters. The Morgan fingerprint density at radius 2 is 1.89 bits per heavy atom. The SMILES string of the molecule is CCCC.[N-]=[N+]=NCO. The molecule has 4 heteroatoms. The molecule has 0 radical (unpaired) electrons. The van der Waals surface area contributed by atoms with E-state index in [2.05, 4.69) is 23.9 Å². The molecule has 0 aliphatic heterocycles. The van der Waals surface area contributed by atoms with Gasteiger partial charge in [0, 0.05) is 4.91 Å². The summed E-state index contributed by atoms with van der Waals surface area (Å²) in [7, 11) is 0. The van der Waals surface area contributed by atoms with Gasteiger partial charge in [0.1, 0.15) is 6.73 Å². The molecule has 1 N–H and O–H groups in total. The topological polar surface area (TPSA) is 69.0 Å². The van der Waals surface area contributed by atoms with Crippen LogP contribution >= 0.6 is 0 Å². The van der Waals surface area contributed by atoms with Crippen LogP contribution in [-0.2, 0) is 0 Å². The van der Waals surface area contributed by atoms with Crippen molar-refractivity contribution in [2.45, 2.75) is 26.7 Å². The fraction of sp³-hybridized carbons (Fsp3) is 1.00. The van der Waals surface area contributed by atoms with Crippen molar-refractivity contribution in [3.63, 3.8) is 0 Å². The average molecular weight is 131 g/mol. The highest BCUT2D eigenvalue weighted by Crippen LogP contribution is 1.76. The van der Waals surface area contributed by atoms with E-state index < -0.39 is 6.73 Å². The van der Waals surface area contributed by atoms with Gasteiger partial charge in [0.2, 0.25) is 0 Å². The average Bonchev–Trinajstić information content (AvgIpc) is 1.91. The number of unbranched alkanes of at least 4 members (excludes halogenated alkanes) is 1. The Hall–Kier alpha value is -0.730. The summed E-state index contributed by atoms with van der Waals surface area (Å²) in [6, 6.07) is 0. The third-order valence-electron chi connectivity index (χ3n) is 0.626. The fourth-order valence-electron chi connectivity index (χ4n) is 0.0283. The minimum absolute atomic E-state index is 0.448. The van der Waals surface area contributed by atoms with Crippen molar-refractivity contribution >= 4 is 0 Å². The maximum absolute atomic E-state index is 7.65. The van der Waals surface area contributed by atoms with Crippen molar-refractivity contribution in [2.24, 2.45) is 5.11 Å². The van der Waals surface area contributed by atoms with Crippen LogP contribution in [0, 0.1) is 0 Å². The van der Waals surface area contributed by atoms with Crippen molar-refractivity contribution in [3.05, 3.63) is 10.4 Å². The van der Waals surface area contributed by atoms with Crippen molar-refractivity contribution in [1.29, 1.82) is 0 Å². The predicted molar refractivity (Wildman–Crippen MR) is 36.8 cm³/mol. The van der Waals surface area contributed by atoms with Crippen molar-refractivity contribution in [2.75, 3.05) is 6.73 Å². The van der Waals surface area contributed by atoms with E-state index >= 15 is 0 Å². The molecule has 4 nitrogen and oxygen atoms in total. The van der Waals surface area contributed by atoms with Crippen molar-refractivity contribution in [3.8, 4) is 0 Å². The molecule has 0 saturated carbocycles. The van der Waals surface area contributed by atoms with E-state index in [-0.39, 0.29) is 0 Å². The molecule has 0 aromatic rings. The van der Waals surface area contributed by atoms with Gasteiger partial charge in [-0.05, 0) is 5.53 Å². The van der Waals surface area contributed by atoms with Crippen molar-refractivity contribution in [1.82, 2.24) is 0 Å². The quantitative estimate of drug-likeness (QED) is 0.348. The number of nitrogens with zero attached hydrogens (tertiary/aromatic N) is 3. The van der Waals surface area contributed by atoms with Crippen LogP contribution in [0.15, 0.2) is 5.11 Å². The van der Waals surface area contributed by atoms with Crippen LogP contribution in [0.1, 0.15) is 26.7 Å². The van der Waals surface area contributed by atoms with Gasteiger partial charge in [-0.1, -0.05) is 31.8 Å². The third kappa shape index (κ3) is 39.2. The van der Waals surface area contributed by atoms with E-state index in [4.69, 9.17) is 10.6 Å². The molecule has 0 spiro atoms. The van der Waals surface area contributed by atoms with Gasteiger partial charge in [-0.2, -0.15) is 0 Å². The molecule has 0 amide bonds.